The molecule has 0 spiro atoms. The van der Waals surface area contributed by atoms with E-state index in [1.165, 1.54) is 5.56 Å². The van der Waals surface area contributed by atoms with E-state index in [0.717, 1.165) is 12.1 Å². The molecule has 1 atom stereocenters. The number of halogens is 1. The molecule has 1 unspecified atom stereocenters. The average molecular weight is 325 g/mol. The molecule has 4 nitrogen and oxygen atoms in total. The van der Waals surface area contributed by atoms with Crippen molar-refractivity contribution in [3.63, 3.8) is 0 Å². The van der Waals surface area contributed by atoms with Gasteiger partial charge in [0.05, 0.1) is 5.02 Å². The maximum Gasteiger partial charge on any atom is 0.238 e. The van der Waals surface area contributed by atoms with Crippen LogP contribution in [-0.2, 0) is 11.3 Å². The first-order valence-corrected chi connectivity index (χ1v) is 8.15. The first-order valence-electron chi connectivity index (χ1n) is 7.78. The number of hydrogen-bond acceptors (Lipinski definition) is 3. The molecule has 0 saturated carbocycles. The van der Waals surface area contributed by atoms with Gasteiger partial charge in [0.25, 0.3) is 0 Å². The number of ether oxygens (including phenoxy) is 1. The number of nitrogens with zero attached hydrogens (tertiary/aromatic N) is 1. The van der Waals surface area contributed by atoms with Crippen LogP contribution in [0.2, 0.25) is 5.02 Å². The molecule has 1 heterocycles. The average Bonchev–Trinajstić information content (AvgIpc) is 2.57. The van der Waals surface area contributed by atoms with Gasteiger partial charge in [-0.1, -0.05) is 45.4 Å². The van der Waals surface area contributed by atoms with E-state index in [-0.39, 0.29) is 12.5 Å². The molecule has 1 aliphatic rings. The number of carbonyl (C=O) groups is 1. The second-order valence-electron chi connectivity index (χ2n) is 6.70. The Hall–Kier alpha value is -1.26. The highest BCUT2D eigenvalue weighted by Crippen LogP contribution is 2.36. The van der Waals surface area contributed by atoms with E-state index >= 15 is 0 Å². The summed E-state index contributed by atoms with van der Waals surface area (Å²) in [5, 5.41) is 0.607. The lowest BCUT2D eigenvalue weighted by Gasteiger charge is -2.28. The summed E-state index contributed by atoms with van der Waals surface area (Å²) in [5.74, 6) is 1.15. The molecule has 22 heavy (non-hydrogen) atoms. The number of hydrogen-bond donors (Lipinski definition) is 1. The van der Waals surface area contributed by atoms with E-state index in [0.29, 0.717) is 29.2 Å². The summed E-state index contributed by atoms with van der Waals surface area (Å²) in [5.41, 5.74) is 7.76. The van der Waals surface area contributed by atoms with Crippen molar-refractivity contribution in [1.82, 2.24) is 4.90 Å². The standard InChI is InChI=1S/C17H25ClN2O2/c1-10(2)7-20-8-13-5-12(11(3)4)6-14(18)16(13)22-9-15(20)17(19)21/h5-6,10-11,15H,7-9H2,1-4H3,(H2,19,21). The molecule has 0 saturated heterocycles. The number of benzene rings is 1. The monoisotopic (exact) mass is 324 g/mol. The molecule has 0 fully saturated rings. The second-order valence-corrected chi connectivity index (χ2v) is 7.11. The lowest BCUT2D eigenvalue weighted by Crippen LogP contribution is -2.48. The van der Waals surface area contributed by atoms with Crippen LogP contribution in [0.1, 0.15) is 44.7 Å². The predicted molar refractivity (Wildman–Crippen MR) is 89.3 cm³/mol. The Bertz CT molecular complexity index is 558. The first kappa shape index (κ1) is 17.1. The van der Waals surface area contributed by atoms with Crippen LogP contribution < -0.4 is 10.5 Å². The number of nitrogens with two attached hydrogens (primary N) is 1. The van der Waals surface area contributed by atoms with Crippen LogP contribution in [0.4, 0.5) is 0 Å². The van der Waals surface area contributed by atoms with E-state index in [1.807, 2.05) is 6.07 Å². The van der Waals surface area contributed by atoms with E-state index in [4.69, 9.17) is 22.1 Å². The molecular weight excluding hydrogens is 300 g/mol. The molecule has 1 aromatic rings. The smallest absolute Gasteiger partial charge is 0.238 e. The number of rotatable bonds is 4. The largest absolute Gasteiger partial charge is 0.489 e. The Balaban J connectivity index is 2.40. The number of carbonyl (C=O) groups excluding carboxylic acids is 1. The van der Waals surface area contributed by atoms with Gasteiger partial charge >= 0.3 is 0 Å². The normalized spacial score (nSPS) is 19.0. The van der Waals surface area contributed by atoms with Crippen molar-refractivity contribution >= 4 is 17.5 Å². The Morgan fingerprint density at radius 2 is 2.09 bits per heavy atom. The summed E-state index contributed by atoms with van der Waals surface area (Å²) in [6.07, 6.45) is 0. The van der Waals surface area contributed by atoms with Crippen molar-refractivity contribution in [3.05, 3.63) is 28.3 Å². The van der Waals surface area contributed by atoms with Gasteiger partial charge in [0.15, 0.2) is 0 Å². The summed E-state index contributed by atoms with van der Waals surface area (Å²) in [4.78, 5) is 13.9. The third kappa shape index (κ3) is 3.73. The van der Waals surface area contributed by atoms with E-state index in [9.17, 15) is 4.79 Å². The van der Waals surface area contributed by atoms with Crippen LogP contribution in [-0.4, -0.2) is 30.0 Å². The second kappa shape index (κ2) is 6.88. The Kier molecular flexibility index (Phi) is 5.35. The highest BCUT2D eigenvalue weighted by Gasteiger charge is 2.30. The van der Waals surface area contributed by atoms with Crippen LogP contribution in [0.5, 0.6) is 5.75 Å². The number of amides is 1. The topological polar surface area (TPSA) is 55.6 Å². The van der Waals surface area contributed by atoms with Crippen LogP contribution in [0, 0.1) is 5.92 Å². The summed E-state index contributed by atoms with van der Waals surface area (Å²) in [6, 6.07) is 3.65. The quantitative estimate of drug-likeness (QED) is 0.925. The van der Waals surface area contributed by atoms with Gasteiger partial charge < -0.3 is 10.5 Å². The molecular formula is C17H25ClN2O2. The highest BCUT2D eigenvalue weighted by molar-refractivity contribution is 6.32. The fraction of sp³-hybridized carbons (Fsp3) is 0.588. The van der Waals surface area contributed by atoms with Crippen molar-refractivity contribution in [2.75, 3.05) is 13.2 Å². The van der Waals surface area contributed by atoms with Crippen molar-refractivity contribution in [2.24, 2.45) is 11.7 Å². The molecule has 1 amide bonds. The van der Waals surface area contributed by atoms with E-state index < -0.39 is 6.04 Å². The Morgan fingerprint density at radius 3 is 2.64 bits per heavy atom. The Labute approximate surface area is 137 Å². The molecule has 2 rings (SSSR count). The summed E-state index contributed by atoms with van der Waals surface area (Å²) < 4.78 is 5.83. The third-order valence-electron chi connectivity index (χ3n) is 3.94. The minimum absolute atomic E-state index is 0.246. The van der Waals surface area contributed by atoms with Gasteiger partial charge in [-0.2, -0.15) is 0 Å². The lowest BCUT2D eigenvalue weighted by atomic mass is 9.99. The van der Waals surface area contributed by atoms with Crippen LogP contribution in [0.15, 0.2) is 12.1 Å². The molecule has 0 aliphatic carbocycles. The maximum atomic E-state index is 11.8. The molecule has 5 heteroatoms. The lowest BCUT2D eigenvalue weighted by molar-refractivity contribution is -0.124. The van der Waals surface area contributed by atoms with Crippen LogP contribution >= 0.6 is 11.6 Å². The van der Waals surface area contributed by atoms with Crippen LogP contribution in [0.25, 0.3) is 0 Å². The molecule has 122 valence electrons. The fourth-order valence-corrected chi connectivity index (χ4v) is 3.11. The summed E-state index contributed by atoms with van der Waals surface area (Å²) in [6.45, 7) is 10.2. The zero-order valence-corrected chi connectivity index (χ0v) is 14.5. The fourth-order valence-electron chi connectivity index (χ4n) is 2.81. The first-order chi connectivity index (χ1) is 10.3. The number of fused-ring (bicyclic) bond motifs is 1. The van der Waals surface area contributed by atoms with Gasteiger partial charge in [0.2, 0.25) is 5.91 Å². The van der Waals surface area contributed by atoms with Gasteiger partial charge in [0.1, 0.15) is 18.4 Å². The number of primary amides is 1. The Morgan fingerprint density at radius 1 is 1.41 bits per heavy atom. The highest BCUT2D eigenvalue weighted by atomic mass is 35.5. The predicted octanol–water partition coefficient (Wildman–Crippen LogP) is 3.17. The third-order valence-corrected chi connectivity index (χ3v) is 4.22. The van der Waals surface area contributed by atoms with Crippen molar-refractivity contribution in [1.29, 1.82) is 0 Å². The van der Waals surface area contributed by atoms with Crippen LogP contribution in [0.3, 0.4) is 0 Å². The SMILES string of the molecule is CC(C)CN1Cc2cc(C(C)C)cc(Cl)c2OCC1C(N)=O. The molecule has 0 radical (unpaired) electrons. The maximum absolute atomic E-state index is 11.8. The zero-order chi connectivity index (χ0) is 16.4. The molecule has 0 aromatic heterocycles. The summed E-state index contributed by atoms with van der Waals surface area (Å²) >= 11 is 6.38. The molecule has 0 bridgehead atoms. The minimum atomic E-state index is -0.423. The molecule has 1 aliphatic heterocycles. The van der Waals surface area contributed by atoms with Crippen molar-refractivity contribution < 1.29 is 9.53 Å². The van der Waals surface area contributed by atoms with Gasteiger partial charge in [-0.15, -0.1) is 0 Å². The van der Waals surface area contributed by atoms with Gasteiger partial charge in [-0.05, 0) is 23.5 Å². The van der Waals surface area contributed by atoms with Crippen molar-refractivity contribution in [3.8, 4) is 5.75 Å². The zero-order valence-electron chi connectivity index (χ0n) is 13.7. The van der Waals surface area contributed by atoms with Gasteiger partial charge in [-0.25, -0.2) is 0 Å². The van der Waals surface area contributed by atoms with Gasteiger partial charge in [0, 0.05) is 18.7 Å². The van der Waals surface area contributed by atoms with E-state index in [1.54, 1.807) is 0 Å². The van der Waals surface area contributed by atoms with E-state index in [2.05, 4.69) is 38.7 Å². The van der Waals surface area contributed by atoms with Gasteiger partial charge in [-0.3, -0.25) is 9.69 Å². The molecule has 2 N–H and O–H groups in total. The molecule has 1 aromatic carbocycles. The van der Waals surface area contributed by atoms with Crippen molar-refractivity contribution in [2.45, 2.75) is 46.2 Å². The summed E-state index contributed by atoms with van der Waals surface area (Å²) in [7, 11) is 0. The minimum Gasteiger partial charge on any atom is -0.489 e.